The quantitative estimate of drug-likeness (QED) is 0.644. The average molecular weight is 452 g/mol. The summed E-state index contributed by atoms with van der Waals surface area (Å²) in [4.78, 5) is 21.8. The first-order valence-corrected chi connectivity index (χ1v) is 9.98. The summed E-state index contributed by atoms with van der Waals surface area (Å²) in [5, 5.41) is 9.60. The SMILES string of the molecule is CC(O)CN(C(=O)c1c(Cl)ncnc1Cl)C1=CC(F)C(OCc2ccccc2)C=C1. The number of nitrogens with zero attached hydrogens (tertiary/aromatic N) is 3. The van der Waals surface area contributed by atoms with Gasteiger partial charge in [-0.05, 0) is 24.6 Å². The normalized spacial score (nSPS) is 19.3. The van der Waals surface area contributed by atoms with Gasteiger partial charge in [0, 0.05) is 5.70 Å². The van der Waals surface area contributed by atoms with Crippen LogP contribution in [-0.2, 0) is 11.3 Å². The van der Waals surface area contributed by atoms with E-state index in [4.69, 9.17) is 27.9 Å². The lowest BCUT2D eigenvalue weighted by Gasteiger charge is -2.29. The highest BCUT2D eigenvalue weighted by molar-refractivity contribution is 6.38. The molecular formula is C21H20Cl2FN3O3. The molecule has 1 heterocycles. The van der Waals surface area contributed by atoms with Gasteiger partial charge in [0.05, 0.1) is 19.3 Å². The van der Waals surface area contributed by atoms with Gasteiger partial charge in [0.1, 0.15) is 28.3 Å². The Hall–Kier alpha value is -2.32. The first-order chi connectivity index (χ1) is 14.4. The summed E-state index contributed by atoms with van der Waals surface area (Å²) in [6, 6.07) is 9.42. The summed E-state index contributed by atoms with van der Waals surface area (Å²) in [5.41, 5.74) is 1.06. The fraction of sp³-hybridized carbons (Fsp3) is 0.286. The van der Waals surface area contributed by atoms with Crippen LogP contribution in [-0.4, -0.2) is 50.8 Å². The van der Waals surface area contributed by atoms with E-state index in [0.717, 1.165) is 11.9 Å². The van der Waals surface area contributed by atoms with Gasteiger partial charge in [-0.25, -0.2) is 14.4 Å². The van der Waals surface area contributed by atoms with Crippen molar-refractivity contribution in [2.24, 2.45) is 0 Å². The van der Waals surface area contributed by atoms with E-state index >= 15 is 0 Å². The van der Waals surface area contributed by atoms with Crippen molar-refractivity contribution in [3.05, 3.63) is 82.0 Å². The lowest BCUT2D eigenvalue weighted by Crippen LogP contribution is -2.38. The highest BCUT2D eigenvalue weighted by Gasteiger charge is 2.29. The zero-order valence-corrected chi connectivity index (χ0v) is 17.6. The van der Waals surface area contributed by atoms with E-state index in [1.165, 1.54) is 24.0 Å². The number of benzene rings is 1. The Morgan fingerprint density at radius 3 is 2.53 bits per heavy atom. The van der Waals surface area contributed by atoms with Gasteiger partial charge in [0.2, 0.25) is 0 Å². The van der Waals surface area contributed by atoms with Gasteiger partial charge < -0.3 is 14.7 Å². The van der Waals surface area contributed by atoms with Crippen LogP contribution in [0.1, 0.15) is 22.8 Å². The molecule has 0 saturated heterocycles. The Balaban J connectivity index is 1.78. The van der Waals surface area contributed by atoms with Gasteiger partial charge >= 0.3 is 0 Å². The number of alkyl halides is 1. The fourth-order valence-corrected chi connectivity index (χ4v) is 3.41. The van der Waals surface area contributed by atoms with Crippen LogP contribution in [0.2, 0.25) is 10.3 Å². The van der Waals surface area contributed by atoms with Crippen molar-refractivity contribution in [3.8, 4) is 0 Å². The van der Waals surface area contributed by atoms with Gasteiger partial charge in [0.25, 0.3) is 5.91 Å². The summed E-state index contributed by atoms with van der Waals surface area (Å²) in [6.45, 7) is 1.66. The largest absolute Gasteiger partial charge is 0.392 e. The predicted octanol–water partition coefficient (Wildman–Crippen LogP) is 3.98. The second-order valence-electron chi connectivity index (χ2n) is 6.75. The lowest BCUT2D eigenvalue weighted by molar-refractivity contribution is 0.0303. The van der Waals surface area contributed by atoms with Crippen molar-refractivity contribution in [1.82, 2.24) is 14.9 Å². The third-order valence-corrected chi connectivity index (χ3v) is 4.93. The minimum Gasteiger partial charge on any atom is -0.392 e. The second kappa shape index (κ2) is 10.1. The zero-order valence-electron chi connectivity index (χ0n) is 16.1. The van der Waals surface area contributed by atoms with Crippen LogP contribution < -0.4 is 0 Å². The number of rotatable bonds is 7. The van der Waals surface area contributed by atoms with E-state index in [-0.39, 0.29) is 34.7 Å². The van der Waals surface area contributed by atoms with Crippen LogP contribution in [0.3, 0.4) is 0 Å². The summed E-state index contributed by atoms with van der Waals surface area (Å²) < 4.78 is 20.4. The molecule has 6 nitrogen and oxygen atoms in total. The molecule has 3 rings (SSSR count). The first kappa shape index (κ1) is 22.4. The highest BCUT2D eigenvalue weighted by Crippen LogP contribution is 2.27. The number of halogens is 3. The van der Waals surface area contributed by atoms with E-state index in [1.54, 1.807) is 6.08 Å². The van der Waals surface area contributed by atoms with Crippen molar-refractivity contribution in [1.29, 1.82) is 0 Å². The molecule has 1 aromatic heterocycles. The summed E-state index contributed by atoms with van der Waals surface area (Å²) in [6.07, 6.45) is 2.33. The number of ether oxygens (including phenoxy) is 1. The van der Waals surface area contributed by atoms with Crippen molar-refractivity contribution in [3.63, 3.8) is 0 Å². The molecule has 158 valence electrons. The third-order valence-electron chi connectivity index (χ3n) is 4.36. The van der Waals surface area contributed by atoms with Gasteiger partial charge in [-0.2, -0.15) is 0 Å². The van der Waals surface area contributed by atoms with E-state index in [2.05, 4.69) is 9.97 Å². The Labute approximate surface area is 183 Å². The molecule has 2 aromatic rings. The Bertz CT molecular complexity index is 934. The molecule has 0 fully saturated rings. The van der Waals surface area contributed by atoms with Gasteiger partial charge in [0.15, 0.2) is 6.17 Å². The number of amides is 1. The Kier molecular flexibility index (Phi) is 7.55. The highest BCUT2D eigenvalue weighted by atomic mass is 35.5. The van der Waals surface area contributed by atoms with Crippen molar-refractivity contribution in [2.75, 3.05) is 6.54 Å². The third kappa shape index (κ3) is 5.43. The van der Waals surface area contributed by atoms with Crippen LogP contribution in [0.4, 0.5) is 4.39 Å². The summed E-state index contributed by atoms with van der Waals surface area (Å²) in [5.74, 6) is -0.641. The maximum atomic E-state index is 14.8. The van der Waals surface area contributed by atoms with Crippen LogP contribution in [0, 0.1) is 0 Å². The van der Waals surface area contributed by atoms with Crippen molar-refractivity contribution >= 4 is 29.1 Å². The number of hydrogen-bond donors (Lipinski definition) is 1. The molecule has 0 saturated carbocycles. The summed E-state index contributed by atoms with van der Waals surface area (Å²) in [7, 11) is 0. The van der Waals surface area contributed by atoms with Crippen LogP contribution in [0.5, 0.6) is 0 Å². The summed E-state index contributed by atoms with van der Waals surface area (Å²) >= 11 is 12.0. The Morgan fingerprint density at radius 2 is 1.93 bits per heavy atom. The topological polar surface area (TPSA) is 75.5 Å². The molecule has 9 heteroatoms. The van der Waals surface area contributed by atoms with E-state index in [9.17, 15) is 14.3 Å². The number of carbonyl (C=O) groups excluding carboxylic acids is 1. The monoisotopic (exact) mass is 451 g/mol. The number of allylic oxidation sites excluding steroid dienone is 1. The molecule has 0 bridgehead atoms. The number of aliphatic hydroxyl groups is 1. The molecule has 1 N–H and O–H groups in total. The maximum Gasteiger partial charge on any atom is 0.264 e. The molecule has 1 amide bonds. The molecular weight excluding hydrogens is 432 g/mol. The molecule has 1 aromatic carbocycles. The van der Waals surface area contributed by atoms with Crippen LogP contribution in [0.25, 0.3) is 0 Å². The van der Waals surface area contributed by atoms with Crippen LogP contribution in [0.15, 0.2) is 60.6 Å². The molecule has 3 unspecified atom stereocenters. The minimum atomic E-state index is -1.49. The molecule has 1 aliphatic carbocycles. The fourth-order valence-electron chi connectivity index (χ4n) is 2.93. The van der Waals surface area contributed by atoms with Crippen LogP contribution >= 0.6 is 23.2 Å². The smallest absolute Gasteiger partial charge is 0.264 e. The zero-order chi connectivity index (χ0) is 21.7. The number of carbonyl (C=O) groups is 1. The lowest BCUT2D eigenvalue weighted by atomic mass is 10.1. The number of aromatic nitrogens is 2. The maximum absolute atomic E-state index is 14.8. The average Bonchev–Trinajstić information content (AvgIpc) is 2.71. The first-order valence-electron chi connectivity index (χ1n) is 9.22. The standard InChI is InChI=1S/C21H20Cl2FN3O3/c1-13(28)10-27(21(29)18-19(22)25-12-26-20(18)23)15-7-8-17(16(24)9-15)30-11-14-5-3-2-4-6-14/h2-9,12-13,16-17,28H,10-11H2,1H3. The molecule has 0 spiro atoms. The Morgan fingerprint density at radius 1 is 1.27 bits per heavy atom. The molecule has 30 heavy (non-hydrogen) atoms. The predicted molar refractivity (Wildman–Crippen MR) is 112 cm³/mol. The van der Waals surface area contributed by atoms with E-state index < -0.39 is 24.3 Å². The number of hydrogen-bond acceptors (Lipinski definition) is 5. The molecule has 0 radical (unpaired) electrons. The molecule has 3 atom stereocenters. The van der Waals surface area contributed by atoms with Gasteiger partial charge in [-0.15, -0.1) is 0 Å². The van der Waals surface area contributed by atoms with Gasteiger partial charge in [-0.1, -0.05) is 59.6 Å². The van der Waals surface area contributed by atoms with E-state index in [1.807, 2.05) is 30.3 Å². The molecule has 0 aliphatic heterocycles. The second-order valence-corrected chi connectivity index (χ2v) is 7.47. The van der Waals surface area contributed by atoms with Crippen molar-refractivity contribution in [2.45, 2.75) is 31.9 Å². The number of aliphatic hydroxyl groups excluding tert-OH is 1. The van der Waals surface area contributed by atoms with E-state index in [0.29, 0.717) is 0 Å². The molecule has 1 aliphatic rings. The minimum absolute atomic E-state index is 0.0984. The van der Waals surface area contributed by atoms with Crippen molar-refractivity contribution < 1.29 is 19.0 Å². The van der Waals surface area contributed by atoms with Gasteiger partial charge in [-0.3, -0.25) is 4.79 Å².